The van der Waals surface area contributed by atoms with Crippen molar-refractivity contribution in [2.75, 3.05) is 0 Å². The van der Waals surface area contributed by atoms with Gasteiger partial charge in [0.25, 0.3) is 0 Å². The van der Waals surface area contributed by atoms with Gasteiger partial charge in [0.15, 0.2) is 0 Å². The SMILES string of the molecule is C1=COc2ccc(C3Cc4ccc(C5CCc6ccccc6O5)cc4CO3)cc2C1. The van der Waals surface area contributed by atoms with Crippen LogP contribution in [0.4, 0.5) is 0 Å². The minimum absolute atomic E-state index is 0.0948. The lowest BCUT2D eigenvalue weighted by Gasteiger charge is -2.29. The molecule has 3 aromatic carbocycles. The summed E-state index contributed by atoms with van der Waals surface area (Å²) >= 11 is 0. The molecule has 0 aliphatic carbocycles. The topological polar surface area (TPSA) is 27.7 Å². The molecule has 0 aromatic heterocycles. The Morgan fingerprint density at radius 1 is 0.733 bits per heavy atom. The van der Waals surface area contributed by atoms with Crippen molar-refractivity contribution >= 4 is 0 Å². The second-order valence-corrected chi connectivity index (χ2v) is 8.35. The molecule has 0 N–H and O–H groups in total. The monoisotopic (exact) mass is 396 g/mol. The number of hydrogen-bond donors (Lipinski definition) is 0. The molecule has 0 spiro atoms. The molecule has 0 saturated carbocycles. The van der Waals surface area contributed by atoms with Gasteiger partial charge in [-0.25, -0.2) is 0 Å². The van der Waals surface area contributed by atoms with Crippen LogP contribution in [0.25, 0.3) is 0 Å². The Labute approximate surface area is 176 Å². The van der Waals surface area contributed by atoms with Gasteiger partial charge in [0.1, 0.15) is 17.6 Å². The Kier molecular flexibility index (Phi) is 4.35. The smallest absolute Gasteiger partial charge is 0.130 e. The molecular formula is C27H24O3. The summed E-state index contributed by atoms with van der Waals surface area (Å²) in [6, 6.07) is 21.6. The van der Waals surface area contributed by atoms with Crippen LogP contribution in [-0.2, 0) is 30.6 Å². The largest absolute Gasteiger partial charge is 0.485 e. The fraction of sp³-hybridized carbons (Fsp3) is 0.259. The van der Waals surface area contributed by atoms with Crippen LogP contribution in [0.1, 0.15) is 52.0 Å². The summed E-state index contributed by atoms with van der Waals surface area (Å²) in [5.41, 5.74) is 7.69. The third kappa shape index (κ3) is 3.20. The van der Waals surface area contributed by atoms with Crippen molar-refractivity contribution in [2.24, 2.45) is 0 Å². The van der Waals surface area contributed by atoms with Gasteiger partial charge in [-0.1, -0.05) is 36.4 Å². The molecule has 2 atom stereocenters. The van der Waals surface area contributed by atoms with Gasteiger partial charge in [-0.2, -0.15) is 0 Å². The molecule has 3 aromatic rings. The van der Waals surface area contributed by atoms with Crippen molar-refractivity contribution in [3.63, 3.8) is 0 Å². The third-order valence-electron chi connectivity index (χ3n) is 6.45. The first kappa shape index (κ1) is 17.8. The normalized spacial score (nSPS) is 21.6. The van der Waals surface area contributed by atoms with E-state index >= 15 is 0 Å². The summed E-state index contributed by atoms with van der Waals surface area (Å²) in [6.45, 7) is 0.643. The van der Waals surface area contributed by atoms with E-state index in [1.807, 2.05) is 6.07 Å². The van der Waals surface area contributed by atoms with Crippen LogP contribution >= 0.6 is 0 Å². The van der Waals surface area contributed by atoms with Crippen LogP contribution in [0.15, 0.2) is 73.0 Å². The first-order valence-corrected chi connectivity index (χ1v) is 10.8. The Bertz CT molecular complexity index is 1130. The zero-order valence-electron chi connectivity index (χ0n) is 16.8. The number of aryl methyl sites for hydroxylation is 1. The Hall–Kier alpha value is -3.04. The average Bonchev–Trinajstić information content (AvgIpc) is 2.83. The van der Waals surface area contributed by atoms with Gasteiger partial charge in [-0.15, -0.1) is 0 Å². The highest BCUT2D eigenvalue weighted by molar-refractivity contribution is 5.43. The number of benzene rings is 3. The van der Waals surface area contributed by atoms with Gasteiger partial charge in [0.05, 0.1) is 19.0 Å². The summed E-state index contributed by atoms with van der Waals surface area (Å²) < 4.78 is 18.2. The average molecular weight is 396 g/mol. The van der Waals surface area contributed by atoms with Crippen molar-refractivity contribution in [3.05, 3.63) is 106 Å². The quantitative estimate of drug-likeness (QED) is 0.530. The maximum Gasteiger partial charge on any atom is 0.130 e. The van der Waals surface area contributed by atoms with Crippen LogP contribution in [0.2, 0.25) is 0 Å². The zero-order valence-corrected chi connectivity index (χ0v) is 16.8. The third-order valence-corrected chi connectivity index (χ3v) is 6.45. The number of rotatable bonds is 2. The Morgan fingerprint density at radius 2 is 1.60 bits per heavy atom. The number of allylic oxidation sites excluding steroid dienone is 1. The lowest BCUT2D eigenvalue weighted by atomic mass is 9.90. The number of fused-ring (bicyclic) bond motifs is 3. The Morgan fingerprint density at radius 3 is 2.60 bits per heavy atom. The summed E-state index contributed by atoms with van der Waals surface area (Å²) in [4.78, 5) is 0. The van der Waals surface area contributed by atoms with Crippen molar-refractivity contribution in [3.8, 4) is 11.5 Å². The maximum atomic E-state index is 6.29. The molecule has 3 aliphatic heterocycles. The van der Waals surface area contributed by atoms with Crippen molar-refractivity contribution in [1.82, 2.24) is 0 Å². The molecule has 2 unspecified atom stereocenters. The minimum atomic E-state index is 0.0948. The standard InChI is InChI=1S/C27H24O3/c1-2-6-25-18(4-1)9-12-26(30-25)21-8-7-19-16-27(29-17-23(19)15-21)22-10-11-24-20(14-22)5-3-13-28-24/h1-4,6-8,10-11,13-15,26-27H,5,9,12,16-17H2. The van der Waals surface area contributed by atoms with Crippen LogP contribution < -0.4 is 9.47 Å². The van der Waals surface area contributed by atoms with E-state index in [1.54, 1.807) is 6.26 Å². The highest BCUT2D eigenvalue weighted by Crippen LogP contribution is 2.38. The van der Waals surface area contributed by atoms with Crippen molar-refractivity contribution in [2.45, 2.75) is 44.5 Å². The van der Waals surface area contributed by atoms with Gasteiger partial charge in [0.2, 0.25) is 0 Å². The second-order valence-electron chi connectivity index (χ2n) is 8.35. The van der Waals surface area contributed by atoms with E-state index in [2.05, 4.69) is 60.7 Å². The summed E-state index contributed by atoms with van der Waals surface area (Å²) in [6.07, 6.45) is 7.94. The molecule has 3 heteroatoms. The molecule has 3 nitrogen and oxygen atoms in total. The fourth-order valence-electron chi connectivity index (χ4n) is 4.77. The lowest BCUT2D eigenvalue weighted by molar-refractivity contribution is 0.0272. The van der Waals surface area contributed by atoms with Gasteiger partial charge < -0.3 is 14.2 Å². The zero-order chi connectivity index (χ0) is 19.9. The van der Waals surface area contributed by atoms with Crippen LogP contribution in [0.5, 0.6) is 11.5 Å². The molecule has 30 heavy (non-hydrogen) atoms. The van der Waals surface area contributed by atoms with Gasteiger partial charge >= 0.3 is 0 Å². The van der Waals surface area contributed by atoms with E-state index in [-0.39, 0.29) is 12.2 Å². The first-order chi connectivity index (χ1) is 14.8. The summed E-state index contributed by atoms with van der Waals surface area (Å²) in [5.74, 6) is 1.98. The van der Waals surface area contributed by atoms with Crippen LogP contribution in [0, 0.1) is 0 Å². The number of para-hydroxylation sites is 1. The summed E-state index contributed by atoms with van der Waals surface area (Å²) in [5, 5.41) is 0. The highest BCUT2D eigenvalue weighted by atomic mass is 16.5. The van der Waals surface area contributed by atoms with E-state index < -0.39 is 0 Å². The Balaban J connectivity index is 1.21. The molecule has 0 saturated heterocycles. The van der Waals surface area contributed by atoms with E-state index in [4.69, 9.17) is 14.2 Å². The maximum absolute atomic E-state index is 6.29. The second kappa shape index (κ2) is 7.33. The molecule has 0 fully saturated rings. The minimum Gasteiger partial charge on any atom is -0.485 e. The van der Waals surface area contributed by atoms with Gasteiger partial charge in [0, 0.05) is 6.42 Å². The van der Waals surface area contributed by atoms with Crippen LogP contribution in [-0.4, -0.2) is 0 Å². The fourth-order valence-corrected chi connectivity index (χ4v) is 4.77. The molecular weight excluding hydrogens is 372 g/mol. The van der Waals surface area contributed by atoms with Crippen LogP contribution in [0.3, 0.4) is 0 Å². The van der Waals surface area contributed by atoms with Gasteiger partial charge in [-0.3, -0.25) is 0 Å². The molecule has 3 aliphatic rings. The number of ether oxygens (including phenoxy) is 3. The highest BCUT2D eigenvalue weighted by Gasteiger charge is 2.25. The molecule has 0 radical (unpaired) electrons. The van der Waals surface area contributed by atoms with Crippen molar-refractivity contribution < 1.29 is 14.2 Å². The molecule has 0 bridgehead atoms. The molecule has 6 rings (SSSR count). The molecule has 3 heterocycles. The lowest BCUT2D eigenvalue weighted by Crippen LogP contribution is -2.18. The molecule has 0 amide bonds. The summed E-state index contributed by atoms with van der Waals surface area (Å²) in [7, 11) is 0. The van der Waals surface area contributed by atoms with E-state index in [0.29, 0.717) is 6.61 Å². The molecule has 150 valence electrons. The van der Waals surface area contributed by atoms with E-state index in [9.17, 15) is 0 Å². The predicted molar refractivity (Wildman–Crippen MR) is 116 cm³/mol. The van der Waals surface area contributed by atoms with Crippen molar-refractivity contribution in [1.29, 1.82) is 0 Å². The predicted octanol–water partition coefficient (Wildman–Crippen LogP) is 6.02. The van der Waals surface area contributed by atoms with E-state index in [1.165, 1.54) is 33.4 Å². The van der Waals surface area contributed by atoms with E-state index in [0.717, 1.165) is 37.2 Å². The van der Waals surface area contributed by atoms with Gasteiger partial charge in [-0.05, 0) is 83.0 Å². The number of hydrogen-bond acceptors (Lipinski definition) is 3. The first-order valence-electron chi connectivity index (χ1n) is 10.8.